The molecule has 1 heterocycles. The van der Waals surface area contributed by atoms with Gasteiger partial charge in [-0.1, -0.05) is 42.5 Å². The van der Waals surface area contributed by atoms with Crippen LogP contribution in [0, 0.1) is 6.92 Å². The molecule has 3 aromatic rings. The third kappa shape index (κ3) is 2.07. The first kappa shape index (κ1) is 14.0. The molecule has 1 N–H and O–H groups in total. The van der Waals surface area contributed by atoms with E-state index in [2.05, 4.69) is 5.10 Å². The Morgan fingerprint density at radius 2 is 1.82 bits per heavy atom. The molecule has 5 nitrogen and oxygen atoms in total. The normalized spacial score (nSPS) is 10.8. The SMILES string of the molecule is Cc1nn(C)c(=O)c(C(=O)c2cccc3ccccc23)c1O. The summed E-state index contributed by atoms with van der Waals surface area (Å²) in [7, 11) is 1.45. The molecule has 0 aliphatic rings. The molecule has 0 saturated heterocycles. The number of nitrogens with zero attached hydrogens (tertiary/aromatic N) is 2. The van der Waals surface area contributed by atoms with Crippen molar-refractivity contribution in [2.75, 3.05) is 0 Å². The van der Waals surface area contributed by atoms with Gasteiger partial charge < -0.3 is 5.11 Å². The van der Waals surface area contributed by atoms with Crippen LogP contribution in [0.5, 0.6) is 5.75 Å². The Morgan fingerprint density at radius 3 is 2.59 bits per heavy atom. The molecule has 5 heteroatoms. The molecule has 2 aromatic carbocycles. The average molecular weight is 294 g/mol. The lowest BCUT2D eigenvalue weighted by molar-refractivity contribution is 0.103. The van der Waals surface area contributed by atoms with Crippen molar-refractivity contribution in [2.45, 2.75) is 6.92 Å². The van der Waals surface area contributed by atoms with Gasteiger partial charge in [-0.25, -0.2) is 4.68 Å². The number of rotatable bonds is 2. The fourth-order valence-electron chi connectivity index (χ4n) is 2.52. The zero-order valence-electron chi connectivity index (χ0n) is 12.2. The third-order valence-electron chi connectivity index (χ3n) is 3.65. The second-order valence-electron chi connectivity index (χ2n) is 5.09. The van der Waals surface area contributed by atoms with Gasteiger partial charge in [0.1, 0.15) is 11.3 Å². The first-order valence-electron chi connectivity index (χ1n) is 6.80. The van der Waals surface area contributed by atoms with Crippen LogP contribution in [0.3, 0.4) is 0 Å². The molecule has 0 saturated carbocycles. The highest BCUT2D eigenvalue weighted by atomic mass is 16.3. The van der Waals surface area contributed by atoms with Crippen LogP contribution in [-0.2, 0) is 7.05 Å². The standard InChI is InChI=1S/C17H14N2O3/c1-10-15(20)14(17(22)19(2)18-10)16(21)13-9-5-7-11-6-3-4-8-12(11)13/h3-9,20H,1-2H3. The van der Waals surface area contributed by atoms with Crippen LogP contribution in [0.15, 0.2) is 47.3 Å². The van der Waals surface area contributed by atoms with E-state index in [4.69, 9.17) is 0 Å². The molecular weight excluding hydrogens is 280 g/mol. The van der Waals surface area contributed by atoms with Crippen LogP contribution in [0.25, 0.3) is 10.8 Å². The Hall–Kier alpha value is -2.95. The number of carbonyl (C=O) groups excluding carboxylic acids is 1. The van der Waals surface area contributed by atoms with Crippen LogP contribution in [-0.4, -0.2) is 20.7 Å². The minimum absolute atomic E-state index is 0.241. The maximum Gasteiger partial charge on any atom is 0.281 e. The maximum absolute atomic E-state index is 12.8. The van der Waals surface area contributed by atoms with E-state index in [9.17, 15) is 14.7 Å². The highest BCUT2D eigenvalue weighted by Gasteiger charge is 2.22. The van der Waals surface area contributed by atoms with E-state index in [-0.39, 0.29) is 17.0 Å². The molecule has 0 spiro atoms. The van der Waals surface area contributed by atoms with Gasteiger partial charge in [0.25, 0.3) is 5.56 Å². The van der Waals surface area contributed by atoms with Gasteiger partial charge in [-0.2, -0.15) is 5.10 Å². The highest BCUT2D eigenvalue weighted by Crippen LogP contribution is 2.24. The van der Waals surface area contributed by atoms with E-state index in [1.807, 2.05) is 30.3 Å². The van der Waals surface area contributed by atoms with Crippen LogP contribution < -0.4 is 5.56 Å². The molecule has 3 rings (SSSR count). The molecule has 0 unspecified atom stereocenters. The van der Waals surface area contributed by atoms with Crippen LogP contribution >= 0.6 is 0 Å². The van der Waals surface area contributed by atoms with Gasteiger partial charge in [-0.05, 0) is 17.7 Å². The number of hydrogen-bond acceptors (Lipinski definition) is 4. The molecular formula is C17H14N2O3. The lowest BCUT2D eigenvalue weighted by Gasteiger charge is -2.09. The lowest BCUT2D eigenvalue weighted by atomic mass is 9.97. The molecule has 0 aliphatic heterocycles. The van der Waals surface area contributed by atoms with Gasteiger partial charge >= 0.3 is 0 Å². The Kier molecular flexibility index (Phi) is 3.25. The Bertz CT molecular complexity index is 953. The van der Waals surface area contributed by atoms with E-state index >= 15 is 0 Å². The second-order valence-corrected chi connectivity index (χ2v) is 5.09. The lowest BCUT2D eigenvalue weighted by Crippen LogP contribution is -2.27. The minimum Gasteiger partial charge on any atom is -0.505 e. The summed E-state index contributed by atoms with van der Waals surface area (Å²) in [6, 6.07) is 12.7. The van der Waals surface area contributed by atoms with Gasteiger partial charge in [-0.15, -0.1) is 0 Å². The zero-order valence-corrected chi connectivity index (χ0v) is 12.2. The first-order valence-corrected chi connectivity index (χ1v) is 6.80. The summed E-state index contributed by atoms with van der Waals surface area (Å²) in [5, 5.41) is 15.6. The van der Waals surface area contributed by atoms with Crippen LogP contribution in [0.1, 0.15) is 21.6 Å². The smallest absolute Gasteiger partial charge is 0.281 e. The van der Waals surface area contributed by atoms with Crippen molar-refractivity contribution >= 4 is 16.6 Å². The molecule has 0 bridgehead atoms. The Morgan fingerprint density at radius 1 is 1.14 bits per heavy atom. The molecule has 0 radical (unpaired) electrons. The molecule has 0 aliphatic carbocycles. The molecule has 110 valence electrons. The van der Waals surface area contributed by atoms with Crippen molar-refractivity contribution < 1.29 is 9.90 Å². The largest absolute Gasteiger partial charge is 0.505 e. The van der Waals surface area contributed by atoms with Crippen molar-refractivity contribution in [3.8, 4) is 5.75 Å². The predicted molar refractivity (Wildman–Crippen MR) is 83.3 cm³/mol. The quantitative estimate of drug-likeness (QED) is 0.735. The maximum atomic E-state index is 12.8. The van der Waals surface area contributed by atoms with Crippen molar-refractivity contribution in [2.24, 2.45) is 7.05 Å². The van der Waals surface area contributed by atoms with Crippen molar-refractivity contribution in [1.29, 1.82) is 0 Å². The number of aromatic nitrogens is 2. The topological polar surface area (TPSA) is 72.2 Å². The van der Waals surface area contributed by atoms with Crippen LogP contribution in [0.2, 0.25) is 0 Å². The third-order valence-corrected chi connectivity index (χ3v) is 3.65. The highest BCUT2D eigenvalue weighted by molar-refractivity contribution is 6.17. The Balaban J connectivity index is 2.30. The van der Waals surface area contributed by atoms with Crippen LogP contribution in [0.4, 0.5) is 0 Å². The summed E-state index contributed by atoms with van der Waals surface area (Å²) in [4.78, 5) is 25.0. The van der Waals surface area contributed by atoms with E-state index < -0.39 is 11.3 Å². The monoisotopic (exact) mass is 294 g/mol. The number of aromatic hydroxyl groups is 1. The molecule has 0 fully saturated rings. The van der Waals surface area contributed by atoms with Gasteiger partial charge in [0.2, 0.25) is 5.78 Å². The van der Waals surface area contributed by atoms with E-state index in [1.165, 1.54) is 7.05 Å². The zero-order chi connectivity index (χ0) is 15.9. The molecule has 0 atom stereocenters. The van der Waals surface area contributed by atoms with Gasteiger partial charge in [0, 0.05) is 12.6 Å². The van der Waals surface area contributed by atoms with Crippen molar-refractivity contribution in [1.82, 2.24) is 9.78 Å². The van der Waals surface area contributed by atoms with E-state index in [1.54, 1.807) is 19.1 Å². The fraction of sp³-hybridized carbons (Fsp3) is 0.118. The summed E-state index contributed by atoms with van der Waals surface area (Å²) in [6.07, 6.45) is 0. The number of aryl methyl sites for hydroxylation is 2. The molecule has 1 aromatic heterocycles. The molecule has 22 heavy (non-hydrogen) atoms. The van der Waals surface area contributed by atoms with Crippen molar-refractivity contribution in [3.05, 3.63) is 69.6 Å². The minimum atomic E-state index is -0.610. The van der Waals surface area contributed by atoms with Gasteiger partial charge in [0.15, 0.2) is 5.75 Å². The number of carbonyl (C=O) groups is 1. The molecule has 0 amide bonds. The number of benzene rings is 2. The summed E-state index contributed by atoms with van der Waals surface area (Å²) < 4.78 is 1.06. The van der Waals surface area contributed by atoms with E-state index in [0.29, 0.717) is 5.56 Å². The summed E-state index contributed by atoms with van der Waals surface area (Å²) in [5.41, 5.74) is -0.228. The first-order chi connectivity index (χ1) is 10.5. The predicted octanol–water partition coefficient (Wildman–Crippen LogP) is 2.18. The van der Waals surface area contributed by atoms with E-state index in [0.717, 1.165) is 15.5 Å². The summed E-state index contributed by atoms with van der Waals surface area (Å²) in [5.74, 6) is -0.860. The number of hydrogen-bond donors (Lipinski definition) is 1. The fourth-order valence-corrected chi connectivity index (χ4v) is 2.52. The summed E-state index contributed by atoms with van der Waals surface area (Å²) in [6.45, 7) is 1.55. The average Bonchev–Trinajstić information content (AvgIpc) is 2.52. The van der Waals surface area contributed by atoms with Crippen molar-refractivity contribution in [3.63, 3.8) is 0 Å². The van der Waals surface area contributed by atoms with Gasteiger partial charge in [0.05, 0.1) is 0 Å². The number of fused-ring (bicyclic) bond motifs is 1. The number of ketones is 1. The van der Waals surface area contributed by atoms with Gasteiger partial charge in [-0.3, -0.25) is 9.59 Å². The second kappa shape index (κ2) is 5.11. The summed E-state index contributed by atoms with van der Waals surface area (Å²) >= 11 is 0. The Labute approximate surface area is 126 Å².